The molecule has 1 N–H and O–H groups in total. The fraction of sp³-hybridized carbons (Fsp3) is 0.588. The molecular weight excluding hydrogens is 382 g/mol. The number of aryl methyl sites for hydroxylation is 2. The summed E-state index contributed by atoms with van der Waals surface area (Å²) in [5.74, 6) is 1.04. The predicted molar refractivity (Wildman–Crippen MR) is 101 cm³/mol. The van der Waals surface area contributed by atoms with Crippen molar-refractivity contribution in [3.05, 3.63) is 28.7 Å². The van der Waals surface area contributed by atoms with Gasteiger partial charge in [-0.25, -0.2) is 9.50 Å². The summed E-state index contributed by atoms with van der Waals surface area (Å²) in [6.07, 6.45) is 3.04. The van der Waals surface area contributed by atoms with Crippen LogP contribution >= 0.6 is 11.3 Å². The van der Waals surface area contributed by atoms with Crippen LogP contribution in [0.25, 0.3) is 4.96 Å². The Morgan fingerprint density at radius 1 is 1.36 bits per heavy atom. The first-order valence-corrected chi connectivity index (χ1v) is 9.95. The Morgan fingerprint density at radius 2 is 2.14 bits per heavy atom. The maximum absolute atomic E-state index is 12.9. The van der Waals surface area contributed by atoms with Gasteiger partial charge >= 0.3 is 0 Å². The lowest BCUT2D eigenvalue weighted by atomic mass is 9.90. The Hall–Kier alpha value is -2.37. The molecule has 28 heavy (non-hydrogen) atoms. The van der Waals surface area contributed by atoms with Crippen LogP contribution in [-0.2, 0) is 22.6 Å². The van der Waals surface area contributed by atoms with Crippen LogP contribution in [0.1, 0.15) is 35.3 Å². The van der Waals surface area contributed by atoms with E-state index in [1.807, 2.05) is 13.1 Å². The molecule has 4 heterocycles. The molecule has 1 saturated heterocycles. The Morgan fingerprint density at radius 3 is 2.79 bits per heavy atom. The van der Waals surface area contributed by atoms with Crippen LogP contribution in [-0.4, -0.2) is 61.4 Å². The van der Waals surface area contributed by atoms with Crippen molar-refractivity contribution in [1.29, 1.82) is 0 Å². The first-order valence-electron chi connectivity index (χ1n) is 9.14. The number of fused-ring (bicyclic) bond motifs is 1. The molecule has 1 amide bonds. The van der Waals surface area contributed by atoms with E-state index in [2.05, 4.69) is 30.5 Å². The zero-order chi connectivity index (χ0) is 19.7. The van der Waals surface area contributed by atoms with Gasteiger partial charge in [0.2, 0.25) is 16.7 Å². The van der Waals surface area contributed by atoms with Crippen molar-refractivity contribution >= 4 is 22.2 Å². The minimum Gasteiger partial charge on any atom is -0.424 e. The summed E-state index contributed by atoms with van der Waals surface area (Å²) in [5, 5.41) is 16.1. The van der Waals surface area contributed by atoms with Gasteiger partial charge in [-0.2, -0.15) is 5.10 Å². The maximum atomic E-state index is 12.9. The summed E-state index contributed by atoms with van der Waals surface area (Å²) in [6.45, 7) is 6.07. The zero-order valence-corrected chi connectivity index (χ0v) is 17.0. The second kappa shape index (κ2) is 7.57. The van der Waals surface area contributed by atoms with Crippen molar-refractivity contribution in [2.24, 2.45) is 0 Å². The van der Waals surface area contributed by atoms with E-state index in [0.717, 1.165) is 15.7 Å². The topological polar surface area (TPSA) is 111 Å². The number of nitrogens with one attached hydrogen (secondary N) is 1. The average Bonchev–Trinajstić information content (AvgIpc) is 3.35. The molecule has 3 aromatic heterocycles. The number of rotatable bonds is 6. The van der Waals surface area contributed by atoms with E-state index in [0.29, 0.717) is 50.8 Å². The van der Waals surface area contributed by atoms with Gasteiger partial charge in [0.1, 0.15) is 10.6 Å². The van der Waals surface area contributed by atoms with Gasteiger partial charge in [-0.05, 0) is 19.8 Å². The second-order valence-corrected chi connectivity index (χ2v) is 8.11. The number of imidazole rings is 1. The Kier molecular flexibility index (Phi) is 5.13. The van der Waals surface area contributed by atoms with Gasteiger partial charge in [0.25, 0.3) is 5.91 Å². The number of amides is 1. The minimum atomic E-state index is -0.826. The highest BCUT2D eigenvalue weighted by molar-refractivity contribution is 7.16. The summed E-state index contributed by atoms with van der Waals surface area (Å²) in [7, 11) is 1.59. The van der Waals surface area contributed by atoms with Gasteiger partial charge in [-0.15, -0.1) is 10.2 Å². The quantitative estimate of drug-likeness (QED) is 0.649. The first kappa shape index (κ1) is 19.0. The lowest BCUT2D eigenvalue weighted by Gasteiger charge is -2.39. The highest BCUT2D eigenvalue weighted by Crippen LogP contribution is 2.27. The lowest BCUT2D eigenvalue weighted by molar-refractivity contribution is -0.150. The van der Waals surface area contributed by atoms with Gasteiger partial charge < -0.3 is 14.5 Å². The van der Waals surface area contributed by atoms with Gasteiger partial charge in [0.15, 0.2) is 0 Å². The smallest absolute Gasteiger partial charge is 0.252 e. The number of methoxy groups -OCH3 is 1. The Balaban J connectivity index is 1.33. The van der Waals surface area contributed by atoms with Crippen LogP contribution in [0.15, 0.2) is 10.6 Å². The molecule has 1 aliphatic rings. The van der Waals surface area contributed by atoms with Crippen molar-refractivity contribution in [1.82, 2.24) is 35.0 Å². The highest BCUT2D eigenvalue weighted by atomic mass is 32.1. The molecule has 0 aromatic carbocycles. The van der Waals surface area contributed by atoms with Crippen LogP contribution in [0.2, 0.25) is 0 Å². The van der Waals surface area contributed by atoms with Gasteiger partial charge in [-0.3, -0.25) is 9.69 Å². The summed E-state index contributed by atoms with van der Waals surface area (Å²) < 4.78 is 12.8. The van der Waals surface area contributed by atoms with Crippen molar-refractivity contribution in [3.63, 3.8) is 0 Å². The SMILES string of the molecule is COC1(C(=O)NCc2cn3nc(C)sc3n2)CCN(Cc2nnc(C)o2)CC1. The van der Waals surface area contributed by atoms with Crippen LogP contribution in [0.5, 0.6) is 0 Å². The molecule has 0 radical (unpaired) electrons. The molecule has 1 fully saturated rings. The largest absolute Gasteiger partial charge is 0.424 e. The third-order valence-electron chi connectivity index (χ3n) is 5.02. The van der Waals surface area contributed by atoms with E-state index in [-0.39, 0.29) is 5.91 Å². The minimum absolute atomic E-state index is 0.108. The molecule has 150 valence electrons. The number of nitrogens with zero attached hydrogens (tertiary/aromatic N) is 6. The summed E-state index contributed by atoms with van der Waals surface area (Å²) in [5.41, 5.74) is -0.0460. The lowest BCUT2D eigenvalue weighted by Crippen LogP contribution is -2.54. The molecule has 11 heteroatoms. The first-order chi connectivity index (χ1) is 13.5. The van der Waals surface area contributed by atoms with Crippen molar-refractivity contribution < 1.29 is 13.9 Å². The molecule has 0 saturated carbocycles. The fourth-order valence-electron chi connectivity index (χ4n) is 3.45. The van der Waals surface area contributed by atoms with Crippen molar-refractivity contribution in [2.45, 2.75) is 45.4 Å². The number of hydrogen-bond acceptors (Lipinski definition) is 9. The van der Waals surface area contributed by atoms with Gasteiger partial charge in [0.05, 0.1) is 25.0 Å². The van der Waals surface area contributed by atoms with E-state index >= 15 is 0 Å². The monoisotopic (exact) mass is 405 g/mol. The second-order valence-electron chi connectivity index (χ2n) is 6.95. The Bertz CT molecular complexity index is 939. The number of ether oxygens (including phenoxy) is 1. The molecule has 0 spiro atoms. The van der Waals surface area contributed by atoms with E-state index in [1.54, 1.807) is 18.5 Å². The number of piperidine rings is 1. The van der Waals surface area contributed by atoms with Crippen LogP contribution < -0.4 is 5.32 Å². The zero-order valence-electron chi connectivity index (χ0n) is 16.1. The number of carbonyl (C=O) groups excluding carboxylic acids is 1. The van der Waals surface area contributed by atoms with E-state index < -0.39 is 5.60 Å². The van der Waals surface area contributed by atoms with E-state index in [4.69, 9.17) is 9.15 Å². The maximum Gasteiger partial charge on any atom is 0.252 e. The summed E-state index contributed by atoms with van der Waals surface area (Å²) >= 11 is 1.52. The van der Waals surface area contributed by atoms with Crippen LogP contribution in [0.3, 0.4) is 0 Å². The molecule has 0 bridgehead atoms. The summed E-state index contributed by atoms with van der Waals surface area (Å²) in [4.78, 5) is 20.4. The van der Waals surface area contributed by atoms with E-state index in [9.17, 15) is 4.79 Å². The van der Waals surface area contributed by atoms with E-state index in [1.165, 1.54) is 11.3 Å². The molecule has 4 rings (SSSR count). The summed E-state index contributed by atoms with van der Waals surface area (Å²) in [6, 6.07) is 0. The normalized spacial score (nSPS) is 17.2. The number of likely N-dealkylation sites (tertiary alicyclic amines) is 1. The standard InChI is InChI=1S/C17H23N7O3S/c1-11-20-21-14(27-11)10-23-6-4-17(26-3,5-7-23)15(25)18-8-13-9-24-16(19-13)28-12(2)22-24/h9H,4-8,10H2,1-3H3,(H,18,25). The molecule has 0 atom stereocenters. The third kappa shape index (κ3) is 3.77. The van der Waals surface area contributed by atoms with Gasteiger partial charge in [-0.1, -0.05) is 11.3 Å². The van der Waals surface area contributed by atoms with Crippen LogP contribution in [0.4, 0.5) is 0 Å². The number of hydrogen-bond donors (Lipinski definition) is 1. The molecule has 3 aromatic rings. The molecule has 0 unspecified atom stereocenters. The molecular formula is C17H23N7O3S. The van der Waals surface area contributed by atoms with Crippen molar-refractivity contribution in [2.75, 3.05) is 20.2 Å². The van der Waals surface area contributed by atoms with Gasteiger partial charge in [0, 0.05) is 27.1 Å². The van der Waals surface area contributed by atoms with Crippen molar-refractivity contribution in [3.8, 4) is 0 Å². The number of aromatic nitrogens is 5. The Labute approximate surface area is 165 Å². The molecule has 0 aliphatic carbocycles. The van der Waals surface area contributed by atoms with Crippen LogP contribution in [0, 0.1) is 13.8 Å². The third-order valence-corrected chi connectivity index (χ3v) is 5.86. The highest BCUT2D eigenvalue weighted by Gasteiger charge is 2.41. The number of carbonyl (C=O) groups is 1. The fourth-order valence-corrected chi connectivity index (χ4v) is 4.19. The molecule has 1 aliphatic heterocycles. The molecule has 10 nitrogen and oxygen atoms in total. The average molecular weight is 405 g/mol. The predicted octanol–water partition coefficient (Wildman–Crippen LogP) is 1.09.